The first-order valence-corrected chi connectivity index (χ1v) is 9.15. The van der Waals surface area contributed by atoms with Gasteiger partial charge >= 0.3 is 6.09 Å². The summed E-state index contributed by atoms with van der Waals surface area (Å²) in [5.74, 6) is 6.25. The predicted molar refractivity (Wildman–Crippen MR) is 103 cm³/mol. The zero-order valence-corrected chi connectivity index (χ0v) is 16.2. The molecule has 0 saturated carbocycles. The maximum Gasteiger partial charge on any atom is 0.410 e. The van der Waals surface area contributed by atoms with Crippen molar-refractivity contribution in [3.05, 3.63) is 59.7 Å². The number of rotatable bonds is 3. The molecule has 0 radical (unpaired) electrons. The zero-order chi connectivity index (χ0) is 20.1. The topological polar surface area (TPSA) is 51.7 Å². The van der Waals surface area contributed by atoms with Crippen molar-refractivity contribution < 1.29 is 18.7 Å². The highest BCUT2D eigenvalue weighted by Crippen LogP contribution is 2.22. The van der Waals surface area contributed by atoms with Gasteiger partial charge in [0.1, 0.15) is 23.8 Å². The molecule has 2 heterocycles. The highest BCUT2D eigenvalue weighted by Gasteiger charge is 2.35. The quantitative estimate of drug-likeness (QED) is 0.753. The number of aromatic nitrogens is 1. The highest BCUT2D eigenvalue weighted by molar-refractivity contribution is 5.69. The minimum absolute atomic E-state index is 0.0104. The van der Waals surface area contributed by atoms with E-state index in [1.165, 1.54) is 12.1 Å². The molecule has 0 aliphatic carbocycles. The first-order valence-electron chi connectivity index (χ1n) is 9.15. The van der Waals surface area contributed by atoms with Gasteiger partial charge < -0.3 is 14.4 Å². The van der Waals surface area contributed by atoms with E-state index in [0.29, 0.717) is 24.5 Å². The molecule has 1 amide bonds. The Kier molecular flexibility index (Phi) is 5.84. The molecule has 3 rings (SSSR count). The Morgan fingerprint density at radius 2 is 1.93 bits per heavy atom. The lowest BCUT2D eigenvalue weighted by molar-refractivity contribution is -0.0141. The molecule has 5 nitrogen and oxygen atoms in total. The lowest BCUT2D eigenvalue weighted by Gasteiger charge is -2.40. The number of carbonyl (C=O) groups is 1. The number of carbonyl (C=O) groups excluding carboxylic acids is 1. The number of likely N-dealkylation sites (tertiary alicyclic amines) is 1. The number of benzene rings is 1. The van der Waals surface area contributed by atoms with Crippen LogP contribution in [0.15, 0.2) is 42.7 Å². The van der Waals surface area contributed by atoms with Crippen molar-refractivity contribution in [1.29, 1.82) is 0 Å². The van der Waals surface area contributed by atoms with Gasteiger partial charge in [0.2, 0.25) is 0 Å². The van der Waals surface area contributed by atoms with Gasteiger partial charge in [-0.15, -0.1) is 0 Å². The summed E-state index contributed by atoms with van der Waals surface area (Å²) in [7, 11) is 0. The van der Waals surface area contributed by atoms with E-state index in [1.54, 1.807) is 35.5 Å². The van der Waals surface area contributed by atoms with E-state index in [1.807, 2.05) is 20.8 Å². The fourth-order valence-electron chi connectivity index (χ4n) is 2.61. The summed E-state index contributed by atoms with van der Waals surface area (Å²) in [4.78, 5) is 18.0. The van der Waals surface area contributed by atoms with Crippen molar-refractivity contribution in [2.45, 2.75) is 38.8 Å². The fraction of sp³-hybridized carbons (Fsp3) is 0.364. The molecule has 2 aromatic rings. The van der Waals surface area contributed by atoms with Crippen LogP contribution in [-0.2, 0) is 4.74 Å². The molecular weight excluding hydrogens is 359 g/mol. The van der Waals surface area contributed by atoms with Crippen LogP contribution in [0.2, 0.25) is 0 Å². The molecule has 0 spiro atoms. The van der Waals surface area contributed by atoms with E-state index in [9.17, 15) is 9.18 Å². The Bertz CT molecular complexity index is 894. The van der Waals surface area contributed by atoms with E-state index >= 15 is 0 Å². The van der Waals surface area contributed by atoms with Crippen LogP contribution in [0.25, 0.3) is 0 Å². The van der Waals surface area contributed by atoms with Gasteiger partial charge in [0.25, 0.3) is 0 Å². The Balaban J connectivity index is 1.57. The van der Waals surface area contributed by atoms with Crippen LogP contribution in [0.3, 0.4) is 0 Å². The molecule has 1 atom stereocenters. The third kappa shape index (κ3) is 5.46. The summed E-state index contributed by atoms with van der Waals surface area (Å²) < 4.78 is 24.1. The lowest BCUT2D eigenvalue weighted by Crippen LogP contribution is -2.55. The average molecular weight is 382 g/mol. The van der Waals surface area contributed by atoms with Crippen LogP contribution in [0.1, 0.15) is 38.3 Å². The predicted octanol–water partition coefficient (Wildman–Crippen LogP) is 4.01. The molecule has 0 bridgehead atoms. The van der Waals surface area contributed by atoms with Crippen molar-refractivity contribution in [1.82, 2.24) is 9.88 Å². The molecule has 28 heavy (non-hydrogen) atoms. The van der Waals surface area contributed by atoms with Gasteiger partial charge in [-0.05, 0) is 57.5 Å². The van der Waals surface area contributed by atoms with Crippen LogP contribution in [-0.4, -0.2) is 40.8 Å². The lowest BCUT2D eigenvalue weighted by atomic mass is 10.1. The third-order valence-corrected chi connectivity index (χ3v) is 4.12. The van der Waals surface area contributed by atoms with Gasteiger partial charge in [-0.25, -0.2) is 9.18 Å². The maximum absolute atomic E-state index is 12.9. The number of pyridine rings is 1. The second-order valence-electron chi connectivity index (χ2n) is 7.59. The second-order valence-corrected chi connectivity index (χ2v) is 7.59. The minimum Gasteiger partial charge on any atom is -0.490 e. The second kappa shape index (κ2) is 8.30. The first kappa shape index (κ1) is 19.7. The zero-order valence-electron chi connectivity index (χ0n) is 16.2. The first-order chi connectivity index (χ1) is 13.3. The van der Waals surface area contributed by atoms with E-state index < -0.39 is 5.60 Å². The molecule has 1 aliphatic heterocycles. The van der Waals surface area contributed by atoms with Crippen molar-refractivity contribution >= 4 is 6.09 Å². The fourth-order valence-corrected chi connectivity index (χ4v) is 2.61. The molecule has 6 heteroatoms. The largest absolute Gasteiger partial charge is 0.490 e. The van der Waals surface area contributed by atoms with E-state index in [2.05, 4.69) is 16.8 Å². The monoisotopic (exact) mass is 382 g/mol. The van der Waals surface area contributed by atoms with E-state index in [4.69, 9.17) is 9.47 Å². The summed E-state index contributed by atoms with van der Waals surface area (Å²) >= 11 is 0. The molecule has 1 fully saturated rings. The summed E-state index contributed by atoms with van der Waals surface area (Å²) in [6.45, 7) is 6.58. The van der Waals surface area contributed by atoms with Gasteiger partial charge in [-0.2, -0.15) is 0 Å². The SMILES string of the molecule is CC(C)(C)OC(=O)N1CCC1COc1cncc(C#Cc2ccc(F)cc2)c1. The van der Waals surface area contributed by atoms with Crippen molar-refractivity contribution in [3.8, 4) is 17.6 Å². The Hall–Kier alpha value is -3.07. The van der Waals surface area contributed by atoms with Crippen LogP contribution in [0, 0.1) is 17.7 Å². The molecule has 1 saturated heterocycles. The smallest absolute Gasteiger partial charge is 0.410 e. The number of hydrogen-bond acceptors (Lipinski definition) is 4. The average Bonchev–Trinajstić information content (AvgIpc) is 2.59. The maximum atomic E-state index is 12.9. The molecule has 1 aromatic heterocycles. The van der Waals surface area contributed by atoms with Gasteiger partial charge in [-0.3, -0.25) is 4.98 Å². The molecule has 146 valence electrons. The molecular formula is C22H23FN2O3. The summed E-state index contributed by atoms with van der Waals surface area (Å²) in [6, 6.07) is 7.77. The van der Waals surface area contributed by atoms with Crippen molar-refractivity contribution in [2.24, 2.45) is 0 Å². The number of hydrogen-bond donors (Lipinski definition) is 0. The number of ether oxygens (including phenoxy) is 2. The number of halogens is 1. The Labute approximate surface area is 164 Å². The molecule has 1 aliphatic rings. The molecule has 0 N–H and O–H groups in total. The molecule has 1 aromatic carbocycles. The number of nitrogens with zero attached hydrogens (tertiary/aromatic N) is 2. The summed E-state index contributed by atoms with van der Waals surface area (Å²) in [5.41, 5.74) is 0.897. The summed E-state index contributed by atoms with van der Waals surface area (Å²) in [5, 5.41) is 0. The van der Waals surface area contributed by atoms with Crippen LogP contribution in [0.5, 0.6) is 5.75 Å². The highest BCUT2D eigenvalue weighted by atomic mass is 19.1. The van der Waals surface area contributed by atoms with Crippen LogP contribution in [0.4, 0.5) is 9.18 Å². The van der Waals surface area contributed by atoms with Crippen molar-refractivity contribution in [3.63, 3.8) is 0 Å². The number of amides is 1. The van der Waals surface area contributed by atoms with Gasteiger partial charge in [0.05, 0.1) is 12.2 Å². The summed E-state index contributed by atoms with van der Waals surface area (Å²) in [6.07, 6.45) is 3.81. The van der Waals surface area contributed by atoms with Gasteiger partial charge in [0, 0.05) is 23.9 Å². The Morgan fingerprint density at radius 1 is 1.21 bits per heavy atom. The normalized spacial score (nSPS) is 15.9. The molecule has 1 unspecified atom stereocenters. The van der Waals surface area contributed by atoms with Crippen molar-refractivity contribution in [2.75, 3.05) is 13.2 Å². The van der Waals surface area contributed by atoms with Gasteiger partial charge in [-0.1, -0.05) is 11.8 Å². The van der Waals surface area contributed by atoms with E-state index in [0.717, 1.165) is 12.0 Å². The third-order valence-electron chi connectivity index (χ3n) is 4.12. The van der Waals surface area contributed by atoms with E-state index in [-0.39, 0.29) is 18.0 Å². The van der Waals surface area contributed by atoms with Crippen LogP contribution >= 0.6 is 0 Å². The standard InChI is InChI=1S/C22H23FN2O3/c1-22(2,3)28-21(26)25-11-10-19(25)15-27-20-12-17(13-24-14-20)5-4-16-6-8-18(23)9-7-16/h6-9,12-14,19H,10-11,15H2,1-3H3. The van der Waals surface area contributed by atoms with Gasteiger partial charge in [0.15, 0.2) is 0 Å². The Morgan fingerprint density at radius 3 is 2.57 bits per heavy atom. The van der Waals surface area contributed by atoms with Crippen LogP contribution < -0.4 is 4.74 Å². The minimum atomic E-state index is -0.514.